The van der Waals surface area contributed by atoms with Gasteiger partial charge in [-0.3, -0.25) is 4.79 Å². The monoisotopic (exact) mass is 642 g/mol. The van der Waals surface area contributed by atoms with Crippen molar-refractivity contribution in [2.24, 2.45) is 40.4 Å². The maximum Gasteiger partial charge on any atom is 0.306 e. The van der Waals surface area contributed by atoms with Crippen LogP contribution in [0.3, 0.4) is 0 Å². The van der Waals surface area contributed by atoms with Crippen molar-refractivity contribution >= 4 is 37.8 Å². The van der Waals surface area contributed by atoms with Crippen LogP contribution in [0.5, 0.6) is 0 Å². The van der Waals surface area contributed by atoms with Crippen LogP contribution in [-0.4, -0.2) is 21.2 Å². The van der Waals surface area contributed by atoms with Gasteiger partial charge in [0, 0.05) is 22.0 Å². The van der Waals surface area contributed by atoms with E-state index in [0.717, 1.165) is 42.9 Å². The Hall–Kier alpha value is 0.430. The number of ether oxygens (including phenoxy) is 1. The highest BCUT2D eigenvalue weighted by Crippen LogP contribution is 2.71. The largest absolute Gasteiger partial charge is 0.462 e. The molecule has 4 rings (SSSR count). The second kappa shape index (κ2) is 12.5. The summed E-state index contributed by atoms with van der Waals surface area (Å²) in [7, 11) is 0. The molecule has 0 aromatic heterocycles. The third-order valence-corrected chi connectivity index (χ3v) is 15.9. The molecule has 0 heterocycles. The van der Waals surface area contributed by atoms with Gasteiger partial charge in [-0.05, 0) is 91.8 Å². The van der Waals surface area contributed by atoms with Gasteiger partial charge < -0.3 is 4.74 Å². The number of halogens is 2. The van der Waals surface area contributed by atoms with Crippen molar-refractivity contribution in [1.29, 1.82) is 0 Å². The van der Waals surface area contributed by atoms with Gasteiger partial charge in [-0.2, -0.15) is 0 Å². The number of carbonyl (C=O) groups excluding carboxylic acids is 1. The molecular formula is C33H56Br2O2. The summed E-state index contributed by atoms with van der Waals surface area (Å²) in [5.74, 6) is 3.90. The minimum Gasteiger partial charge on any atom is -0.462 e. The van der Waals surface area contributed by atoms with Crippen LogP contribution in [0.2, 0.25) is 0 Å². The Balaban J connectivity index is 1.40. The second-order valence-electron chi connectivity index (χ2n) is 14.3. The number of hydrogen-bond acceptors (Lipinski definition) is 2. The van der Waals surface area contributed by atoms with Gasteiger partial charge in [0.05, 0.1) is 0 Å². The topological polar surface area (TPSA) is 26.3 Å². The van der Waals surface area contributed by atoms with Gasteiger partial charge in [0.2, 0.25) is 0 Å². The quantitative estimate of drug-likeness (QED) is 0.127. The number of rotatable bonds is 11. The number of carbonyl (C=O) groups is 1. The van der Waals surface area contributed by atoms with Crippen molar-refractivity contribution in [2.75, 3.05) is 0 Å². The molecule has 2 nitrogen and oxygen atoms in total. The van der Waals surface area contributed by atoms with Crippen LogP contribution in [0.25, 0.3) is 0 Å². The van der Waals surface area contributed by atoms with Gasteiger partial charge in [-0.25, -0.2) is 0 Å². The normalized spacial score (nSPS) is 44.0. The van der Waals surface area contributed by atoms with E-state index in [1.165, 1.54) is 83.5 Å². The van der Waals surface area contributed by atoms with Crippen LogP contribution >= 0.6 is 31.9 Å². The highest BCUT2D eigenvalue weighted by molar-refractivity contribution is 9.12. The van der Waals surface area contributed by atoms with Gasteiger partial charge in [0.15, 0.2) is 0 Å². The lowest BCUT2D eigenvalue weighted by atomic mass is 9.44. The van der Waals surface area contributed by atoms with Crippen LogP contribution < -0.4 is 0 Å². The first-order chi connectivity index (χ1) is 17.6. The van der Waals surface area contributed by atoms with Gasteiger partial charge in [0.1, 0.15) is 6.10 Å². The minimum absolute atomic E-state index is 0.00894. The highest BCUT2D eigenvalue weighted by Gasteiger charge is 2.66. The molecule has 0 aliphatic heterocycles. The first kappa shape index (κ1) is 30.4. The van der Waals surface area contributed by atoms with E-state index < -0.39 is 0 Å². The van der Waals surface area contributed by atoms with E-state index in [-0.39, 0.29) is 21.8 Å². The van der Waals surface area contributed by atoms with Crippen molar-refractivity contribution in [3.05, 3.63) is 0 Å². The van der Waals surface area contributed by atoms with Crippen LogP contribution in [0.1, 0.15) is 144 Å². The van der Waals surface area contributed by atoms with E-state index in [4.69, 9.17) is 4.74 Å². The molecule has 0 radical (unpaired) electrons. The summed E-state index contributed by atoms with van der Waals surface area (Å²) in [5, 5.41) is 0. The summed E-state index contributed by atoms with van der Waals surface area (Å²) in [5.41, 5.74) is 0.824. The Morgan fingerprint density at radius 3 is 2.43 bits per heavy atom. The summed E-state index contributed by atoms with van der Waals surface area (Å²) < 4.78 is 6.10. The predicted molar refractivity (Wildman–Crippen MR) is 163 cm³/mol. The van der Waals surface area contributed by atoms with E-state index in [2.05, 4.69) is 66.5 Å². The van der Waals surface area contributed by atoms with Gasteiger partial charge in [-0.1, -0.05) is 111 Å². The fraction of sp³-hybridized carbons (Fsp3) is 0.970. The molecule has 4 heteroatoms. The lowest BCUT2D eigenvalue weighted by Crippen LogP contribution is -2.64. The van der Waals surface area contributed by atoms with E-state index in [1.807, 2.05) is 0 Å². The minimum atomic E-state index is 0.00894. The van der Waals surface area contributed by atoms with Crippen molar-refractivity contribution in [3.8, 4) is 0 Å². The number of fused-ring (bicyclic) bond motifs is 5. The summed E-state index contributed by atoms with van der Waals surface area (Å²) in [6, 6.07) is 0. The summed E-state index contributed by atoms with van der Waals surface area (Å²) in [6.45, 7) is 11.9. The molecule has 0 aromatic carbocycles. The SMILES string of the molecule is CCCCCCCC[C@H]1CC[C@H]2[C@@H]3C[C@H](Br)[C@@]4(Br)C[C@@H](OC(=O)C[C@@H](C)CC)CC[C@]4(C)[C@H]3CC[C@]12C. The molecule has 4 saturated carbocycles. The van der Waals surface area contributed by atoms with Crippen LogP contribution in [0.4, 0.5) is 0 Å². The molecule has 4 aliphatic rings. The van der Waals surface area contributed by atoms with E-state index >= 15 is 0 Å². The molecule has 10 atom stereocenters. The zero-order chi connectivity index (χ0) is 26.8. The van der Waals surface area contributed by atoms with Gasteiger partial charge >= 0.3 is 5.97 Å². The fourth-order valence-electron chi connectivity index (χ4n) is 9.66. The van der Waals surface area contributed by atoms with Crippen LogP contribution in [0, 0.1) is 40.4 Å². The molecule has 4 aliphatic carbocycles. The average molecular weight is 645 g/mol. The van der Waals surface area contributed by atoms with Crippen molar-refractivity contribution in [2.45, 2.75) is 159 Å². The van der Waals surface area contributed by atoms with Crippen molar-refractivity contribution in [1.82, 2.24) is 0 Å². The van der Waals surface area contributed by atoms with Crippen LogP contribution in [0.15, 0.2) is 0 Å². The molecule has 4 fully saturated rings. The lowest BCUT2D eigenvalue weighted by molar-refractivity contribution is -0.158. The lowest BCUT2D eigenvalue weighted by Gasteiger charge is -2.65. The Morgan fingerprint density at radius 1 is 0.973 bits per heavy atom. The van der Waals surface area contributed by atoms with E-state index in [9.17, 15) is 4.79 Å². The molecule has 0 aromatic rings. The number of alkyl halides is 2. The zero-order valence-corrected chi connectivity index (χ0v) is 27.8. The predicted octanol–water partition coefficient (Wildman–Crippen LogP) is 10.6. The van der Waals surface area contributed by atoms with Gasteiger partial charge in [-0.15, -0.1) is 0 Å². The first-order valence-electron chi connectivity index (χ1n) is 16.1. The summed E-state index contributed by atoms with van der Waals surface area (Å²) in [4.78, 5) is 13.1. The standard InChI is InChI=1S/C33H56Br2O2/c1-6-8-9-10-11-12-13-24-14-15-27-26-21-29(34)33(35)22-25(37-30(36)20-23(3)7-2)16-19-32(33,5)28(26)17-18-31(24,27)4/h23-29H,6-22H2,1-5H3/t23-,24-,25-,26-,27-,28-,29-,31+,32+,33-/m0/s1. The van der Waals surface area contributed by atoms with E-state index in [0.29, 0.717) is 22.6 Å². The number of hydrogen-bond donors (Lipinski definition) is 0. The Labute approximate surface area is 245 Å². The molecule has 0 bridgehead atoms. The smallest absolute Gasteiger partial charge is 0.306 e. The van der Waals surface area contributed by atoms with Gasteiger partial charge in [0.25, 0.3) is 0 Å². The molecule has 0 spiro atoms. The maximum atomic E-state index is 12.6. The average Bonchev–Trinajstić information content (AvgIpc) is 3.19. The summed E-state index contributed by atoms with van der Waals surface area (Å²) in [6.07, 6.45) is 21.8. The Kier molecular flexibility index (Phi) is 10.3. The molecular weight excluding hydrogens is 588 g/mol. The molecule has 214 valence electrons. The highest BCUT2D eigenvalue weighted by atomic mass is 79.9. The molecule has 0 N–H and O–H groups in total. The number of unbranched alkanes of at least 4 members (excludes halogenated alkanes) is 5. The third kappa shape index (κ3) is 5.92. The molecule has 37 heavy (non-hydrogen) atoms. The third-order valence-electron chi connectivity index (χ3n) is 12.3. The maximum absolute atomic E-state index is 12.6. The van der Waals surface area contributed by atoms with Crippen LogP contribution in [-0.2, 0) is 9.53 Å². The fourth-order valence-corrected chi connectivity index (χ4v) is 11.8. The van der Waals surface area contributed by atoms with E-state index in [1.54, 1.807) is 0 Å². The molecule has 0 saturated heterocycles. The Bertz CT molecular complexity index is 771. The second-order valence-corrected chi connectivity index (χ2v) is 16.8. The van der Waals surface area contributed by atoms with Crippen molar-refractivity contribution < 1.29 is 9.53 Å². The summed E-state index contributed by atoms with van der Waals surface area (Å²) >= 11 is 8.61. The number of esters is 1. The molecule has 0 amide bonds. The Morgan fingerprint density at radius 2 is 1.70 bits per heavy atom. The molecule has 0 unspecified atom stereocenters. The van der Waals surface area contributed by atoms with Crippen molar-refractivity contribution in [3.63, 3.8) is 0 Å². The first-order valence-corrected chi connectivity index (χ1v) is 17.8. The zero-order valence-electron chi connectivity index (χ0n) is 24.6.